The minimum atomic E-state index is -1.29. The van der Waals surface area contributed by atoms with Gasteiger partial charge in [-0.3, -0.25) is 4.79 Å². The molecule has 0 spiro atoms. The zero-order chi connectivity index (χ0) is 14.7. The monoisotopic (exact) mass is 295 g/mol. The van der Waals surface area contributed by atoms with Gasteiger partial charge in [0.15, 0.2) is 10.8 Å². The Labute approximate surface area is 117 Å². The number of hydrogen-bond acceptors (Lipinski definition) is 4. The van der Waals surface area contributed by atoms with Gasteiger partial charge in [-0.15, -0.1) is 10.2 Å². The standard InChI is InChI=1S/C12H7ClFN3O3/c13-10-4-3-8(16-17-10)11(18)15-9-5-6(14)1-2-7(9)12(19)20/h1-5H,(H,15,18)(H,19,20). The molecule has 102 valence electrons. The number of halogens is 2. The molecule has 0 saturated carbocycles. The van der Waals surface area contributed by atoms with Gasteiger partial charge in [-0.1, -0.05) is 11.6 Å². The molecule has 0 fully saturated rings. The number of benzene rings is 1. The number of carbonyl (C=O) groups is 2. The van der Waals surface area contributed by atoms with Gasteiger partial charge in [0.2, 0.25) is 0 Å². The van der Waals surface area contributed by atoms with Crippen LogP contribution in [0.25, 0.3) is 0 Å². The van der Waals surface area contributed by atoms with Crippen LogP contribution < -0.4 is 5.32 Å². The third kappa shape index (κ3) is 3.07. The highest BCUT2D eigenvalue weighted by Crippen LogP contribution is 2.18. The molecule has 0 aliphatic carbocycles. The van der Waals surface area contributed by atoms with Crippen LogP contribution in [-0.2, 0) is 0 Å². The Balaban J connectivity index is 2.29. The summed E-state index contributed by atoms with van der Waals surface area (Å²) in [7, 11) is 0. The number of nitrogens with one attached hydrogen (secondary N) is 1. The molecule has 0 saturated heterocycles. The van der Waals surface area contributed by atoms with Crippen LogP contribution >= 0.6 is 11.6 Å². The first kappa shape index (κ1) is 13.9. The summed E-state index contributed by atoms with van der Waals surface area (Å²) in [5, 5.41) is 18.3. The molecule has 20 heavy (non-hydrogen) atoms. The molecule has 2 aromatic rings. The van der Waals surface area contributed by atoms with Crippen molar-refractivity contribution >= 4 is 29.2 Å². The zero-order valence-electron chi connectivity index (χ0n) is 9.80. The predicted molar refractivity (Wildman–Crippen MR) is 68.4 cm³/mol. The summed E-state index contributed by atoms with van der Waals surface area (Å²) in [6.45, 7) is 0. The molecular formula is C12H7ClFN3O3. The van der Waals surface area contributed by atoms with E-state index >= 15 is 0 Å². The highest BCUT2D eigenvalue weighted by molar-refractivity contribution is 6.29. The highest BCUT2D eigenvalue weighted by atomic mass is 35.5. The summed E-state index contributed by atoms with van der Waals surface area (Å²) in [4.78, 5) is 22.8. The van der Waals surface area contributed by atoms with Crippen molar-refractivity contribution in [1.82, 2.24) is 10.2 Å². The summed E-state index contributed by atoms with van der Waals surface area (Å²) >= 11 is 5.53. The first-order valence-electron chi connectivity index (χ1n) is 5.31. The van der Waals surface area contributed by atoms with Gasteiger partial charge in [-0.25, -0.2) is 9.18 Å². The van der Waals surface area contributed by atoms with Crippen molar-refractivity contribution < 1.29 is 19.1 Å². The lowest BCUT2D eigenvalue weighted by Crippen LogP contribution is -2.16. The summed E-state index contributed by atoms with van der Waals surface area (Å²) in [6.07, 6.45) is 0. The Morgan fingerprint density at radius 3 is 2.55 bits per heavy atom. The van der Waals surface area contributed by atoms with Gasteiger partial charge in [-0.2, -0.15) is 0 Å². The van der Waals surface area contributed by atoms with E-state index in [-0.39, 0.29) is 22.1 Å². The molecule has 0 aliphatic heterocycles. The second-order valence-electron chi connectivity index (χ2n) is 3.69. The number of anilines is 1. The Kier molecular flexibility index (Phi) is 3.90. The van der Waals surface area contributed by atoms with E-state index < -0.39 is 17.7 Å². The summed E-state index contributed by atoms with van der Waals surface area (Å²) in [6, 6.07) is 5.62. The Hall–Kier alpha value is -2.54. The lowest BCUT2D eigenvalue weighted by atomic mass is 10.1. The number of carboxylic acid groups (broad SMARTS) is 1. The van der Waals surface area contributed by atoms with Gasteiger partial charge in [0, 0.05) is 0 Å². The average Bonchev–Trinajstić information content (AvgIpc) is 2.39. The molecule has 0 unspecified atom stereocenters. The fraction of sp³-hybridized carbons (Fsp3) is 0. The average molecular weight is 296 g/mol. The van der Waals surface area contributed by atoms with Crippen molar-refractivity contribution in [2.75, 3.05) is 5.32 Å². The van der Waals surface area contributed by atoms with Crippen LogP contribution in [0.5, 0.6) is 0 Å². The maximum atomic E-state index is 13.1. The molecule has 1 heterocycles. The number of carbonyl (C=O) groups excluding carboxylic acids is 1. The van der Waals surface area contributed by atoms with E-state index in [2.05, 4.69) is 15.5 Å². The predicted octanol–water partition coefficient (Wildman–Crippen LogP) is 2.22. The lowest BCUT2D eigenvalue weighted by molar-refractivity contribution is 0.0698. The number of hydrogen-bond donors (Lipinski definition) is 2. The van der Waals surface area contributed by atoms with Crippen LogP contribution in [0.3, 0.4) is 0 Å². The van der Waals surface area contributed by atoms with Crippen molar-refractivity contribution in [3.8, 4) is 0 Å². The van der Waals surface area contributed by atoms with Gasteiger partial charge in [0.05, 0.1) is 11.3 Å². The Morgan fingerprint density at radius 2 is 1.95 bits per heavy atom. The molecular weight excluding hydrogens is 289 g/mol. The van der Waals surface area contributed by atoms with E-state index in [4.69, 9.17) is 16.7 Å². The lowest BCUT2D eigenvalue weighted by Gasteiger charge is -2.07. The number of carboxylic acids is 1. The van der Waals surface area contributed by atoms with Gasteiger partial charge < -0.3 is 10.4 Å². The van der Waals surface area contributed by atoms with Crippen molar-refractivity contribution in [1.29, 1.82) is 0 Å². The Morgan fingerprint density at radius 1 is 1.20 bits per heavy atom. The highest BCUT2D eigenvalue weighted by Gasteiger charge is 2.15. The van der Waals surface area contributed by atoms with E-state index in [0.29, 0.717) is 0 Å². The van der Waals surface area contributed by atoms with E-state index in [0.717, 1.165) is 18.2 Å². The maximum absolute atomic E-state index is 13.1. The van der Waals surface area contributed by atoms with E-state index in [9.17, 15) is 14.0 Å². The summed E-state index contributed by atoms with van der Waals surface area (Å²) in [5.41, 5.74) is -0.476. The molecule has 0 bridgehead atoms. The molecule has 0 aliphatic rings. The van der Waals surface area contributed by atoms with E-state index in [1.807, 2.05) is 0 Å². The van der Waals surface area contributed by atoms with Crippen molar-refractivity contribution in [3.05, 3.63) is 52.6 Å². The fourth-order valence-electron chi connectivity index (χ4n) is 1.43. The summed E-state index contributed by atoms with van der Waals surface area (Å²) < 4.78 is 13.1. The summed E-state index contributed by atoms with van der Waals surface area (Å²) in [5.74, 6) is -2.68. The van der Waals surface area contributed by atoms with Gasteiger partial charge >= 0.3 is 5.97 Å². The minimum absolute atomic E-state index is 0.0741. The smallest absolute Gasteiger partial charge is 0.337 e. The first-order chi connectivity index (χ1) is 9.47. The minimum Gasteiger partial charge on any atom is -0.478 e. The quantitative estimate of drug-likeness (QED) is 0.906. The number of amides is 1. The Bertz CT molecular complexity index is 676. The second kappa shape index (κ2) is 5.62. The number of aromatic nitrogens is 2. The van der Waals surface area contributed by atoms with Crippen molar-refractivity contribution in [2.45, 2.75) is 0 Å². The van der Waals surface area contributed by atoms with Crippen molar-refractivity contribution in [3.63, 3.8) is 0 Å². The SMILES string of the molecule is O=C(Nc1cc(F)ccc1C(=O)O)c1ccc(Cl)nn1. The fourth-order valence-corrected chi connectivity index (χ4v) is 1.53. The molecule has 8 heteroatoms. The van der Waals surface area contributed by atoms with Crippen molar-refractivity contribution in [2.24, 2.45) is 0 Å². The van der Waals surface area contributed by atoms with Gasteiger partial charge in [0.25, 0.3) is 5.91 Å². The van der Waals surface area contributed by atoms with Gasteiger partial charge in [-0.05, 0) is 30.3 Å². The third-order valence-electron chi connectivity index (χ3n) is 2.32. The molecule has 1 aromatic carbocycles. The van der Waals surface area contributed by atoms with Crippen LogP contribution in [0, 0.1) is 5.82 Å². The molecule has 0 atom stereocenters. The second-order valence-corrected chi connectivity index (χ2v) is 4.08. The topological polar surface area (TPSA) is 92.2 Å². The molecule has 2 rings (SSSR count). The van der Waals surface area contributed by atoms with E-state index in [1.54, 1.807) is 0 Å². The van der Waals surface area contributed by atoms with Crippen LogP contribution in [0.2, 0.25) is 5.15 Å². The van der Waals surface area contributed by atoms with E-state index in [1.165, 1.54) is 12.1 Å². The van der Waals surface area contributed by atoms with Crippen LogP contribution in [0.15, 0.2) is 30.3 Å². The number of aromatic carboxylic acids is 1. The van der Waals surface area contributed by atoms with Gasteiger partial charge in [0.1, 0.15) is 5.82 Å². The number of nitrogens with zero attached hydrogens (tertiary/aromatic N) is 2. The molecule has 0 radical (unpaired) electrons. The molecule has 6 nitrogen and oxygen atoms in total. The van der Waals surface area contributed by atoms with Crippen LogP contribution in [0.4, 0.5) is 10.1 Å². The molecule has 1 aromatic heterocycles. The number of rotatable bonds is 3. The normalized spacial score (nSPS) is 10.1. The first-order valence-corrected chi connectivity index (χ1v) is 5.68. The maximum Gasteiger partial charge on any atom is 0.337 e. The third-order valence-corrected chi connectivity index (χ3v) is 2.53. The van der Waals surface area contributed by atoms with Crippen LogP contribution in [-0.4, -0.2) is 27.2 Å². The van der Waals surface area contributed by atoms with Crippen LogP contribution in [0.1, 0.15) is 20.8 Å². The zero-order valence-corrected chi connectivity index (χ0v) is 10.6. The largest absolute Gasteiger partial charge is 0.478 e. The molecule has 2 N–H and O–H groups in total. The molecule has 1 amide bonds.